The monoisotopic (exact) mass is 253 g/mol. The Bertz CT molecular complexity index is 683. The van der Waals surface area contributed by atoms with Gasteiger partial charge < -0.3 is 5.73 Å². The van der Waals surface area contributed by atoms with Crippen molar-refractivity contribution in [2.75, 3.05) is 5.73 Å². The van der Waals surface area contributed by atoms with E-state index in [2.05, 4.69) is 9.97 Å². The van der Waals surface area contributed by atoms with E-state index in [-0.39, 0.29) is 0 Å². The van der Waals surface area contributed by atoms with E-state index in [9.17, 15) is 0 Å². The van der Waals surface area contributed by atoms with Crippen LogP contribution in [-0.2, 0) is 0 Å². The number of pyridine rings is 2. The molecule has 4 heteroatoms. The molecule has 88 valence electrons. The van der Waals surface area contributed by atoms with Gasteiger partial charge in [0, 0.05) is 33.8 Å². The van der Waals surface area contributed by atoms with Crippen molar-refractivity contribution >= 4 is 28.4 Å². The Morgan fingerprint density at radius 2 is 1.78 bits per heavy atom. The minimum Gasteiger partial charge on any atom is -0.397 e. The van der Waals surface area contributed by atoms with E-state index in [1.807, 2.05) is 36.4 Å². The van der Waals surface area contributed by atoms with Crippen molar-refractivity contribution in [3.8, 4) is 0 Å². The summed E-state index contributed by atoms with van der Waals surface area (Å²) in [5, 5.41) is 0.997. The zero-order valence-corrected chi connectivity index (χ0v) is 10.4. The number of nitrogens with two attached hydrogens (primary N) is 1. The molecular formula is C14H11N3S. The minimum absolute atomic E-state index is 0.780. The minimum atomic E-state index is 0.780. The SMILES string of the molecule is Nc1c(Sc2ccncc2)ccc2ncccc12. The van der Waals surface area contributed by atoms with Crippen LogP contribution >= 0.6 is 11.8 Å². The molecule has 0 aliphatic carbocycles. The number of fused-ring (bicyclic) bond motifs is 1. The predicted octanol–water partition coefficient (Wildman–Crippen LogP) is 3.36. The van der Waals surface area contributed by atoms with E-state index in [0.717, 1.165) is 26.4 Å². The van der Waals surface area contributed by atoms with E-state index in [1.54, 1.807) is 30.4 Å². The van der Waals surface area contributed by atoms with Gasteiger partial charge in [-0.1, -0.05) is 11.8 Å². The van der Waals surface area contributed by atoms with Crippen LogP contribution in [0.5, 0.6) is 0 Å². The average Bonchev–Trinajstić information content (AvgIpc) is 2.43. The molecule has 2 heterocycles. The second-order valence-electron chi connectivity index (χ2n) is 3.83. The van der Waals surface area contributed by atoms with Crippen LogP contribution in [0.1, 0.15) is 0 Å². The molecule has 3 rings (SSSR count). The van der Waals surface area contributed by atoms with Crippen LogP contribution in [0.2, 0.25) is 0 Å². The quantitative estimate of drug-likeness (QED) is 0.711. The Hall–Kier alpha value is -2.07. The maximum absolute atomic E-state index is 6.19. The molecule has 0 unspecified atom stereocenters. The first-order chi connectivity index (χ1) is 8.84. The van der Waals surface area contributed by atoms with Crippen LogP contribution in [0.4, 0.5) is 5.69 Å². The van der Waals surface area contributed by atoms with Gasteiger partial charge in [0.25, 0.3) is 0 Å². The van der Waals surface area contributed by atoms with Crippen LogP contribution < -0.4 is 5.73 Å². The van der Waals surface area contributed by atoms with Gasteiger partial charge >= 0.3 is 0 Å². The summed E-state index contributed by atoms with van der Waals surface area (Å²) >= 11 is 1.64. The Morgan fingerprint density at radius 1 is 0.944 bits per heavy atom. The number of nitrogens with zero attached hydrogens (tertiary/aromatic N) is 2. The maximum Gasteiger partial charge on any atom is 0.0723 e. The van der Waals surface area contributed by atoms with Crippen molar-refractivity contribution in [1.82, 2.24) is 9.97 Å². The van der Waals surface area contributed by atoms with Crippen LogP contribution in [0.3, 0.4) is 0 Å². The van der Waals surface area contributed by atoms with E-state index in [4.69, 9.17) is 5.73 Å². The lowest BCUT2D eigenvalue weighted by molar-refractivity contribution is 1.26. The molecule has 0 amide bonds. The van der Waals surface area contributed by atoms with Crippen molar-refractivity contribution in [2.45, 2.75) is 9.79 Å². The third kappa shape index (κ3) is 2.02. The molecule has 0 aliphatic rings. The van der Waals surface area contributed by atoms with Gasteiger partial charge in [-0.25, -0.2) is 0 Å². The summed E-state index contributed by atoms with van der Waals surface area (Å²) in [6.45, 7) is 0. The van der Waals surface area contributed by atoms with E-state index < -0.39 is 0 Å². The van der Waals surface area contributed by atoms with E-state index in [0.29, 0.717) is 0 Å². The summed E-state index contributed by atoms with van der Waals surface area (Å²) in [7, 11) is 0. The molecule has 3 aromatic rings. The molecule has 0 saturated carbocycles. The zero-order chi connectivity index (χ0) is 12.4. The first kappa shape index (κ1) is 11.0. The molecule has 0 saturated heterocycles. The Labute approximate surface area is 109 Å². The van der Waals surface area contributed by atoms with Gasteiger partial charge in [-0.05, 0) is 36.4 Å². The number of nitrogen functional groups attached to an aromatic ring is 1. The Morgan fingerprint density at radius 3 is 2.61 bits per heavy atom. The van der Waals surface area contributed by atoms with Gasteiger partial charge in [-0.2, -0.15) is 0 Å². The van der Waals surface area contributed by atoms with Gasteiger partial charge in [0.1, 0.15) is 0 Å². The highest BCUT2D eigenvalue weighted by Crippen LogP contribution is 2.35. The van der Waals surface area contributed by atoms with Gasteiger partial charge in [0.05, 0.1) is 11.2 Å². The average molecular weight is 253 g/mol. The molecule has 2 N–H and O–H groups in total. The molecule has 0 aliphatic heterocycles. The molecule has 0 fully saturated rings. The number of hydrogen-bond donors (Lipinski definition) is 1. The van der Waals surface area contributed by atoms with Crippen molar-refractivity contribution < 1.29 is 0 Å². The molecule has 2 aromatic heterocycles. The van der Waals surface area contributed by atoms with Crippen molar-refractivity contribution in [3.05, 3.63) is 55.0 Å². The summed E-state index contributed by atoms with van der Waals surface area (Å²) in [6.07, 6.45) is 5.33. The van der Waals surface area contributed by atoms with Gasteiger partial charge in [0.15, 0.2) is 0 Å². The summed E-state index contributed by atoms with van der Waals surface area (Å²) in [5.41, 5.74) is 7.90. The topological polar surface area (TPSA) is 51.8 Å². The highest BCUT2D eigenvalue weighted by atomic mass is 32.2. The Kier molecular flexibility index (Phi) is 2.86. The molecule has 3 nitrogen and oxygen atoms in total. The number of benzene rings is 1. The van der Waals surface area contributed by atoms with Crippen LogP contribution in [-0.4, -0.2) is 9.97 Å². The number of anilines is 1. The fraction of sp³-hybridized carbons (Fsp3) is 0. The number of rotatable bonds is 2. The largest absolute Gasteiger partial charge is 0.397 e. The van der Waals surface area contributed by atoms with Gasteiger partial charge in [-0.15, -0.1) is 0 Å². The fourth-order valence-electron chi connectivity index (χ4n) is 1.78. The molecular weight excluding hydrogens is 242 g/mol. The van der Waals surface area contributed by atoms with Gasteiger partial charge in [-0.3, -0.25) is 9.97 Å². The molecule has 1 aromatic carbocycles. The molecule has 0 radical (unpaired) electrons. The lowest BCUT2D eigenvalue weighted by Crippen LogP contribution is -1.91. The van der Waals surface area contributed by atoms with E-state index in [1.165, 1.54) is 0 Å². The van der Waals surface area contributed by atoms with Crippen LogP contribution in [0, 0.1) is 0 Å². The number of hydrogen-bond acceptors (Lipinski definition) is 4. The zero-order valence-electron chi connectivity index (χ0n) is 9.58. The lowest BCUT2D eigenvalue weighted by atomic mass is 10.2. The van der Waals surface area contributed by atoms with Crippen LogP contribution in [0.25, 0.3) is 10.9 Å². The van der Waals surface area contributed by atoms with Crippen molar-refractivity contribution in [3.63, 3.8) is 0 Å². The fourth-order valence-corrected chi connectivity index (χ4v) is 2.65. The highest BCUT2D eigenvalue weighted by Gasteiger charge is 2.06. The van der Waals surface area contributed by atoms with Crippen molar-refractivity contribution in [2.24, 2.45) is 0 Å². The summed E-state index contributed by atoms with van der Waals surface area (Å²) < 4.78 is 0. The summed E-state index contributed by atoms with van der Waals surface area (Å²) in [5.74, 6) is 0. The lowest BCUT2D eigenvalue weighted by Gasteiger charge is -2.08. The first-order valence-electron chi connectivity index (χ1n) is 5.56. The smallest absolute Gasteiger partial charge is 0.0723 e. The normalized spacial score (nSPS) is 10.7. The van der Waals surface area contributed by atoms with E-state index >= 15 is 0 Å². The molecule has 0 spiro atoms. The second kappa shape index (κ2) is 4.66. The summed E-state index contributed by atoms with van der Waals surface area (Å²) in [4.78, 5) is 10.5. The van der Waals surface area contributed by atoms with Crippen LogP contribution in [0.15, 0.2) is 64.8 Å². The predicted molar refractivity (Wildman–Crippen MR) is 74.5 cm³/mol. The summed E-state index contributed by atoms with van der Waals surface area (Å²) in [6, 6.07) is 11.8. The Balaban J connectivity index is 2.05. The highest BCUT2D eigenvalue weighted by molar-refractivity contribution is 7.99. The molecule has 18 heavy (non-hydrogen) atoms. The third-order valence-corrected chi connectivity index (χ3v) is 3.75. The first-order valence-corrected chi connectivity index (χ1v) is 6.37. The standard InChI is InChI=1S/C14H11N3S/c15-14-11-2-1-7-17-12(11)3-4-13(14)18-10-5-8-16-9-6-10/h1-9H,15H2. The third-order valence-electron chi connectivity index (χ3n) is 2.66. The second-order valence-corrected chi connectivity index (χ2v) is 4.95. The number of aromatic nitrogens is 2. The molecule has 0 atom stereocenters. The van der Waals surface area contributed by atoms with Gasteiger partial charge in [0.2, 0.25) is 0 Å². The maximum atomic E-state index is 6.19. The van der Waals surface area contributed by atoms with Crippen molar-refractivity contribution in [1.29, 1.82) is 0 Å². The molecule has 0 bridgehead atoms.